The van der Waals surface area contributed by atoms with E-state index in [-0.39, 0.29) is 6.04 Å². The lowest BCUT2D eigenvalue weighted by Gasteiger charge is -2.41. The lowest BCUT2D eigenvalue weighted by molar-refractivity contribution is 0.107. The molecular formula is C26H34N6. The van der Waals surface area contributed by atoms with E-state index in [4.69, 9.17) is 9.97 Å². The molecule has 0 bridgehead atoms. The molecule has 6 heteroatoms. The van der Waals surface area contributed by atoms with Crippen molar-refractivity contribution >= 4 is 16.7 Å². The van der Waals surface area contributed by atoms with Crippen LogP contribution in [0, 0.1) is 6.92 Å². The number of fused-ring (bicyclic) bond motifs is 1. The number of hydrogen-bond acceptors (Lipinski definition) is 5. The number of piperidine rings is 1. The predicted octanol–water partition coefficient (Wildman–Crippen LogP) is 4.45. The van der Waals surface area contributed by atoms with Gasteiger partial charge < -0.3 is 9.88 Å². The summed E-state index contributed by atoms with van der Waals surface area (Å²) >= 11 is 0. The monoisotopic (exact) mass is 430 g/mol. The molecule has 1 saturated carbocycles. The first-order chi connectivity index (χ1) is 15.6. The number of pyridine rings is 1. The third kappa shape index (κ3) is 3.23. The number of hydrogen-bond donors (Lipinski definition) is 1. The first kappa shape index (κ1) is 20.2. The number of aromatic nitrogens is 3. The number of anilines is 1. The van der Waals surface area contributed by atoms with Crippen molar-refractivity contribution in [2.45, 2.75) is 56.7 Å². The number of H-pyrrole nitrogens is 1. The third-order valence-electron chi connectivity index (χ3n) is 8.30. The molecule has 4 heterocycles. The summed E-state index contributed by atoms with van der Waals surface area (Å²) in [6.07, 6.45) is 8.05. The highest BCUT2D eigenvalue weighted by atomic mass is 15.3. The fraction of sp³-hybridized carbons (Fsp3) is 0.538. The number of nitrogens with one attached hydrogen (secondary N) is 1. The fourth-order valence-electron chi connectivity index (χ4n) is 6.04. The standard InChI is InChI=1S/C26H34N6/c1-18-7-6-14-27-23(18)20-9-5-11-22(31(20)3)25-28-19-8-4-10-21(24(19)29-25)32-16-15-30(2)26(17-32)12-13-26/h4,6-8,10,14,20,22H,5,9,11-13,15-17H2,1-3H3,(H,28,29). The highest BCUT2D eigenvalue weighted by molar-refractivity contribution is 5.89. The number of benzene rings is 1. The van der Waals surface area contributed by atoms with Gasteiger partial charge in [-0.3, -0.25) is 14.8 Å². The van der Waals surface area contributed by atoms with Crippen LogP contribution in [-0.2, 0) is 0 Å². The van der Waals surface area contributed by atoms with E-state index >= 15 is 0 Å². The molecule has 32 heavy (non-hydrogen) atoms. The fourth-order valence-corrected chi connectivity index (χ4v) is 6.04. The molecule has 3 aromatic rings. The molecule has 168 valence electrons. The van der Waals surface area contributed by atoms with Gasteiger partial charge in [-0.05, 0) is 76.9 Å². The van der Waals surface area contributed by atoms with Gasteiger partial charge in [0, 0.05) is 31.4 Å². The summed E-state index contributed by atoms with van der Waals surface area (Å²) in [4.78, 5) is 21.3. The quantitative estimate of drug-likeness (QED) is 0.665. The van der Waals surface area contributed by atoms with Gasteiger partial charge >= 0.3 is 0 Å². The summed E-state index contributed by atoms with van der Waals surface area (Å²) in [5, 5.41) is 0. The number of nitrogens with zero attached hydrogens (tertiary/aromatic N) is 5. The van der Waals surface area contributed by atoms with E-state index in [9.17, 15) is 0 Å². The van der Waals surface area contributed by atoms with Crippen molar-refractivity contribution in [1.29, 1.82) is 0 Å². The number of likely N-dealkylation sites (N-methyl/N-ethyl adjacent to an activating group) is 1. The maximum Gasteiger partial charge on any atom is 0.124 e. The first-order valence-corrected chi connectivity index (χ1v) is 12.1. The van der Waals surface area contributed by atoms with Gasteiger partial charge in [0.1, 0.15) is 11.3 Å². The molecule has 2 aliphatic heterocycles. The Bertz CT molecular complexity index is 1130. The molecule has 0 amide bonds. The number of aromatic amines is 1. The van der Waals surface area contributed by atoms with Gasteiger partial charge in [0.05, 0.1) is 29.0 Å². The molecule has 0 radical (unpaired) electrons. The largest absolute Gasteiger partial charge is 0.367 e. The average Bonchev–Trinajstić information content (AvgIpc) is 3.43. The second-order valence-electron chi connectivity index (χ2n) is 10.2. The maximum absolute atomic E-state index is 5.23. The summed E-state index contributed by atoms with van der Waals surface area (Å²) in [5.41, 5.74) is 6.47. The van der Waals surface area contributed by atoms with Crippen LogP contribution >= 0.6 is 0 Å². The Balaban J connectivity index is 1.32. The zero-order valence-corrected chi connectivity index (χ0v) is 19.5. The van der Waals surface area contributed by atoms with E-state index in [2.05, 4.69) is 65.0 Å². The van der Waals surface area contributed by atoms with E-state index in [0.717, 1.165) is 49.3 Å². The zero-order valence-electron chi connectivity index (χ0n) is 19.5. The van der Waals surface area contributed by atoms with Gasteiger partial charge in [-0.15, -0.1) is 0 Å². The van der Waals surface area contributed by atoms with Crippen molar-refractivity contribution < 1.29 is 0 Å². The zero-order chi connectivity index (χ0) is 21.9. The molecule has 1 aromatic carbocycles. The Morgan fingerprint density at radius 3 is 2.69 bits per heavy atom. The Labute approximate surface area is 190 Å². The highest BCUT2D eigenvalue weighted by Gasteiger charge is 2.49. The SMILES string of the molecule is Cc1cccnc1C1CCCC(c2nc3c(N4CCN(C)C5(CC5)C4)cccc3[nH]2)N1C. The van der Waals surface area contributed by atoms with Gasteiger partial charge in [-0.1, -0.05) is 12.1 Å². The second-order valence-corrected chi connectivity index (χ2v) is 10.2. The smallest absolute Gasteiger partial charge is 0.124 e. The number of likely N-dealkylation sites (tertiary alicyclic amines) is 1. The minimum absolute atomic E-state index is 0.290. The molecule has 2 unspecified atom stereocenters. The van der Waals surface area contributed by atoms with Crippen molar-refractivity contribution in [2.75, 3.05) is 38.6 Å². The van der Waals surface area contributed by atoms with E-state index in [1.165, 1.54) is 36.2 Å². The summed E-state index contributed by atoms with van der Waals surface area (Å²) in [6, 6.07) is 11.5. The van der Waals surface area contributed by atoms with E-state index in [1.807, 2.05) is 12.3 Å². The molecule has 3 fully saturated rings. The minimum atomic E-state index is 0.290. The van der Waals surface area contributed by atoms with Gasteiger partial charge in [-0.25, -0.2) is 4.98 Å². The van der Waals surface area contributed by atoms with Crippen LogP contribution < -0.4 is 4.90 Å². The van der Waals surface area contributed by atoms with Crippen LogP contribution in [0.15, 0.2) is 36.5 Å². The van der Waals surface area contributed by atoms with Crippen molar-refractivity contribution in [1.82, 2.24) is 24.8 Å². The topological polar surface area (TPSA) is 51.3 Å². The lowest BCUT2D eigenvalue weighted by atomic mass is 9.92. The number of aryl methyl sites for hydroxylation is 1. The first-order valence-electron chi connectivity index (χ1n) is 12.1. The number of para-hydroxylation sites is 1. The normalized spacial score (nSPS) is 26.2. The molecule has 3 aliphatic rings. The van der Waals surface area contributed by atoms with E-state index in [0.29, 0.717) is 11.6 Å². The number of imidazole rings is 1. The van der Waals surface area contributed by atoms with Crippen molar-refractivity contribution in [3.05, 3.63) is 53.6 Å². The molecule has 6 nitrogen and oxygen atoms in total. The van der Waals surface area contributed by atoms with Crippen LogP contribution in [0.1, 0.15) is 61.3 Å². The van der Waals surface area contributed by atoms with Gasteiger partial charge in [0.15, 0.2) is 0 Å². The van der Waals surface area contributed by atoms with E-state index in [1.54, 1.807) is 0 Å². The third-order valence-corrected chi connectivity index (χ3v) is 8.30. The molecule has 1 aliphatic carbocycles. The van der Waals surface area contributed by atoms with Crippen molar-refractivity contribution in [3.8, 4) is 0 Å². The highest BCUT2D eigenvalue weighted by Crippen LogP contribution is 2.45. The Morgan fingerprint density at radius 2 is 1.88 bits per heavy atom. The summed E-state index contributed by atoms with van der Waals surface area (Å²) < 4.78 is 0. The molecule has 6 rings (SSSR count). The Kier molecular flexibility index (Phi) is 4.77. The molecule has 2 saturated heterocycles. The maximum atomic E-state index is 5.23. The van der Waals surface area contributed by atoms with Gasteiger partial charge in [0.2, 0.25) is 0 Å². The number of piperazine rings is 1. The molecule has 1 spiro atoms. The number of rotatable bonds is 3. The van der Waals surface area contributed by atoms with Crippen molar-refractivity contribution in [2.24, 2.45) is 0 Å². The average molecular weight is 431 g/mol. The molecular weight excluding hydrogens is 396 g/mol. The molecule has 2 aromatic heterocycles. The van der Waals surface area contributed by atoms with Crippen molar-refractivity contribution in [3.63, 3.8) is 0 Å². The van der Waals surface area contributed by atoms with Crippen LogP contribution in [0.4, 0.5) is 5.69 Å². The van der Waals surface area contributed by atoms with Crippen LogP contribution in [0.2, 0.25) is 0 Å². The van der Waals surface area contributed by atoms with E-state index < -0.39 is 0 Å². The van der Waals surface area contributed by atoms with Crippen LogP contribution in [0.25, 0.3) is 11.0 Å². The van der Waals surface area contributed by atoms with Gasteiger partial charge in [-0.2, -0.15) is 0 Å². The predicted molar refractivity (Wildman–Crippen MR) is 129 cm³/mol. The Hall–Kier alpha value is -2.44. The summed E-state index contributed by atoms with van der Waals surface area (Å²) in [6.45, 7) is 5.50. The summed E-state index contributed by atoms with van der Waals surface area (Å²) in [5.74, 6) is 1.10. The van der Waals surface area contributed by atoms with Gasteiger partial charge in [0.25, 0.3) is 0 Å². The van der Waals surface area contributed by atoms with Crippen LogP contribution in [0.3, 0.4) is 0 Å². The molecule has 2 atom stereocenters. The molecule has 1 N–H and O–H groups in total. The Morgan fingerprint density at radius 1 is 1.03 bits per heavy atom. The van der Waals surface area contributed by atoms with Crippen LogP contribution in [-0.4, -0.2) is 64.0 Å². The summed E-state index contributed by atoms with van der Waals surface area (Å²) in [7, 11) is 4.53. The minimum Gasteiger partial charge on any atom is -0.367 e. The lowest BCUT2D eigenvalue weighted by Crippen LogP contribution is -2.53. The second kappa shape index (κ2) is 7.56. The van der Waals surface area contributed by atoms with Crippen LogP contribution in [0.5, 0.6) is 0 Å².